The molecule has 1 fully saturated rings. The number of likely N-dealkylation sites (tertiary alicyclic amines) is 1. The summed E-state index contributed by atoms with van der Waals surface area (Å²) in [6, 6.07) is 5.22. The molecular weight excluding hydrogens is 384 g/mol. The van der Waals surface area contributed by atoms with Crippen molar-refractivity contribution in [2.24, 2.45) is 5.92 Å². The molecule has 0 bridgehead atoms. The fourth-order valence-electron chi connectivity index (χ4n) is 3.62. The van der Waals surface area contributed by atoms with Crippen LogP contribution in [0, 0.1) is 19.8 Å². The summed E-state index contributed by atoms with van der Waals surface area (Å²) >= 11 is 0. The Labute approximate surface area is 174 Å². The maximum absolute atomic E-state index is 12.6. The lowest BCUT2D eigenvalue weighted by molar-refractivity contribution is 0.0658. The zero-order chi connectivity index (χ0) is 21.1. The molecule has 9 nitrogen and oxygen atoms in total. The Bertz CT molecular complexity index is 1040. The van der Waals surface area contributed by atoms with E-state index in [4.69, 9.17) is 4.74 Å². The minimum Gasteiger partial charge on any atom is -0.506 e. The first-order chi connectivity index (χ1) is 14.5. The van der Waals surface area contributed by atoms with Crippen LogP contribution in [0.3, 0.4) is 0 Å². The average Bonchev–Trinajstić information content (AvgIpc) is 3.10. The monoisotopic (exact) mass is 408 g/mol. The van der Waals surface area contributed by atoms with Gasteiger partial charge in [0, 0.05) is 31.0 Å². The summed E-state index contributed by atoms with van der Waals surface area (Å²) in [6.07, 6.45) is 5.95. The highest BCUT2D eigenvalue weighted by molar-refractivity contribution is 5.94. The number of hydrogen-bond acceptors (Lipinski definition) is 7. The minimum absolute atomic E-state index is 0.00572. The lowest BCUT2D eigenvalue weighted by atomic mass is 9.97. The first kappa shape index (κ1) is 19.8. The summed E-state index contributed by atoms with van der Waals surface area (Å²) < 4.78 is 7.68. The second-order valence-electron chi connectivity index (χ2n) is 7.53. The van der Waals surface area contributed by atoms with Crippen molar-refractivity contribution in [3.63, 3.8) is 0 Å². The fraction of sp³-hybridized carbons (Fsp3) is 0.381. The molecule has 0 aliphatic carbocycles. The lowest BCUT2D eigenvalue weighted by Gasteiger charge is -2.31. The van der Waals surface area contributed by atoms with Gasteiger partial charge >= 0.3 is 0 Å². The molecule has 0 saturated carbocycles. The molecule has 0 atom stereocenters. The van der Waals surface area contributed by atoms with Gasteiger partial charge in [-0.3, -0.25) is 9.78 Å². The van der Waals surface area contributed by atoms with Crippen molar-refractivity contribution in [3.8, 4) is 17.4 Å². The number of hydrogen-bond donors (Lipinski definition) is 1. The highest BCUT2D eigenvalue weighted by Crippen LogP contribution is 2.21. The molecule has 4 rings (SSSR count). The SMILES string of the molecule is Cc1cc(C)n(-c2cc(OCC3CCN(C(=O)c4cncc(O)c4)CC3)ncn2)n1. The molecule has 3 aromatic rings. The van der Waals surface area contributed by atoms with Crippen LogP contribution >= 0.6 is 0 Å². The molecule has 1 aliphatic rings. The van der Waals surface area contributed by atoms with Gasteiger partial charge in [-0.25, -0.2) is 14.6 Å². The summed E-state index contributed by atoms with van der Waals surface area (Å²) in [5, 5.41) is 14.0. The van der Waals surface area contributed by atoms with Gasteiger partial charge in [0.1, 0.15) is 12.1 Å². The number of piperidine rings is 1. The number of aryl methyl sites for hydroxylation is 2. The summed E-state index contributed by atoms with van der Waals surface area (Å²) in [7, 11) is 0. The van der Waals surface area contributed by atoms with Crippen molar-refractivity contribution in [3.05, 3.63) is 53.9 Å². The van der Waals surface area contributed by atoms with Crippen LogP contribution in [0.15, 0.2) is 36.9 Å². The number of aromatic nitrogens is 5. The molecule has 3 aromatic heterocycles. The van der Waals surface area contributed by atoms with Crippen LogP contribution in [0.5, 0.6) is 11.6 Å². The Kier molecular flexibility index (Phi) is 5.60. The van der Waals surface area contributed by atoms with Crippen LogP contribution in [-0.2, 0) is 0 Å². The molecule has 1 N–H and O–H groups in total. The summed E-state index contributed by atoms with van der Waals surface area (Å²) in [5.74, 6) is 1.41. The molecule has 0 aromatic carbocycles. The summed E-state index contributed by atoms with van der Waals surface area (Å²) in [6.45, 7) is 5.73. The van der Waals surface area contributed by atoms with Crippen LogP contribution in [0.4, 0.5) is 0 Å². The number of carbonyl (C=O) groups is 1. The standard InChI is InChI=1S/C21H24N6O3/c1-14-7-15(2)27(25-14)19-9-20(24-13-23-19)30-12-16-3-5-26(6-4-16)21(29)17-8-18(28)11-22-10-17/h7-11,13,16,28H,3-6,12H2,1-2H3. The van der Waals surface area contributed by atoms with E-state index in [9.17, 15) is 9.90 Å². The molecule has 1 saturated heterocycles. The highest BCUT2D eigenvalue weighted by Gasteiger charge is 2.24. The smallest absolute Gasteiger partial charge is 0.255 e. The van der Waals surface area contributed by atoms with Crippen LogP contribution in [0.1, 0.15) is 34.6 Å². The quantitative estimate of drug-likeness (QED) is 0.690. The van der Waals surface area contributed by atoms with Crippen molar-refractivity contribution < 1.29 is 14.6 Å². The van der Waals surface area contributed by atoms with Gasteiger partial charge in [-0.1, -0.05) is 0 Å². The number of aromatic hydroxyl groups is 1. The molecule has 0 radical (unpaired) electrons. The van der Waals surface area contributed by atoms with Gasteiger partial charge in [0.25, 0.3) is 5.91 Å². The second-order valence-corrected chi connectivity index (χ2v) is 7.53. The third kappa shape index (κ3) is 4.40. The van der Waals surface area contributed by atoms with Gasteiger partial charge in [0.2, 0.25) is 5.88 Å². The number of amides is 1. The van der Waals surface area contributed by atoms with E-state index >= 15 is 0 Å². The van der Waals surface area contributed by atoms with E-state index in [0.29, 0.717) is 42.9 Å². The van der Waals surface area contributed by atoms with Gasteiger partial charge in [-0.05, 0) is 44.7 Å². The fourth-order valence-corrected chi connectivity index (χ4v) is 3.62. The van der Waals surface area contributed by atoms with Crippen molar-refractivity contribution in [2.45, 2.75) is 26.7 Å². The van der Waals surface area contributed by atoms with Gasteiger partial charge in [-0.15, -0.1) is 0 Å². The minimum atomic E-state index is -0.108. The largest absolute Gasteiger partial charge is 0.506 e. The Morgan fingerprint density at radius 3 is 2.67 bits per heavy atom. The third-order valence-corrected chi connectivity index (χ3v) is 5.19. The lowest BCUT2D eigenvalue weighted by Crippen LogP contribution is -2.39. The van der Waals surface area contributed by atoms with E-state index in [0.717, 1.165) is 24.2 Å². The molecule has 0 spiro atoms. The first-order valence-electron chi connectivity index (χ1n) is 9.91. The predicted octanol–water partition coefficient (Wildman–Crippen LogP) is 2.31. The maximum Gasteiger partial charge on any atom is 0.255 e. The Balaban J connectivity index is 1.31. The number of nitrogens with zero attached hydrogens (tertiary/aromatic N) is 6. The van der Waals surface area contributed by atoms with E-state index in [-0.39, 0.29) is 11.7 Å². The molecule has 1 amide bonds. The molecule has 30 heavy (non-hydrogen) atoms. The number of pyridine rings is 1. The second kappa shape index (κ2) is 8.48. The van der Waals surface area contributed by atoms with E-state index in [1.165, 1.54) is 24.8 Å². The Morgan fingerprint density at radius 2 is 1.97 bits per heavy atom. The Hall–Kier alpha value is -3.49. The molecule has 156 valence electrons. The number of ether oxygens (including phenoxy) is 1. The molecule has 0 unspecified atom stereocenters. The molecule has 1 aliphatic heterocycles. The van der Waals surface area contributed by atoms with Crippen LogP contribution < -0.4 is 4.74 Å². The van der Waals surface area contributed by atoms with Gasteiger partial charge in [0.05, 0.1) is 24.1 Å². The van der Waals surface area contributed by atoms with Crippen molar-refractivity contribution >= 4 is 5.91 Å². The number of carbonyl (C=O) groups excluding carboxylic acids is 1. The number of rotatable bonds is 5. The van der Waals surface area contributed by atoms with E-state index < -0.39 is 0 Å². The van der Waals surface area contributed by atoms with Gasteiger partial charge < -0.3 is 14.7 Å². The zero-order valence-corrected chi connectivity index (χ0v) is 17.0. The summed E-state index contributed by atoms with van der Waals surface area (Å²) in [4.78, 5) is 26.7. The third-order valence-electron chi connectivity index (χ3n) is 5.19. The van der Waals surface area contributed by atoms with Crippen LogP contribution in [0.2, 0.25) is 0 Å². The van der Waals surface area contributed by atoms with Crippen LogP contribution in [-0.4, -0.2) is 60.3 Å². The van der Waals surface area contributed by atoms with Crippen molar-refractivity contribution in [2.75, 3.05) is 19.7 Å². The van der Waals surface area contributed by atoms with Crippen molar-refractivity contribution in [1.29, 1.82) is 0 Å². The van der Waals surface area contributed by atoms with Gasteiger partial charge in [-0.2, -0.15) is 5.10 Å². The van der Waals surface area contributed by atoms with Crippen LogP contribution in [0.25, 0.3) is 5.82 Å². The first-order valence-corrected chi connectivity index (χ1v) is 9.91. The molecule has 9 heteroatoms. The highest BCUT2D eigenvalue weighted by atomic mass is 16.5. The van der Waals surface area contributed by atoms with E-state index in [1.807, 2.05) is 19.9 Å². The van der Waals surface area contributed by atoms with Crippen molar-refractivity contribution in [1.82, 2.24) is 29.6 Å². The van der Waals surface area contributed by atoms with Gasteiger partial charge in [0.15, 0.2) is 5.82 Å². The molecular formula is C21H24N6O3. The van der Waals surface area contributed by atoms with E-state index in [2.05, 4.69) is 20.1 Å². The van der Waals surface area contributed by atoms with E-state index in [1.54, 1.807) is 15.6 Å². The maximum atomic E-state index is 12.6. The Morgan fingerprint density at radius 1 is 1.17 bits per heavy atom. The average molecular weight is 408 g/mol. The zero-order valence-electron chi connectivity index (χ0n) is 17.0. The normalized spacial score (nSPS) is 14.7. The summed E-state index contributed by atoms with van der Waals surface area (Å²) in [5.41, 5.74) is 2.33. The molecule has 4 heterocycles. The topological polar surface area (TPSA) is 106 Å². The predicted molar refractivity (Wildman–Crippen MR) is 109 cm³/mol.